The molecule has 0 bridgehead atoms. The monoisotopic (exact) mass is 322 g/mol. The number of nitrogens with zero attached hydrogens (tertiary/aromatic N) is 2. The van der Waals surface area contributed by atoms with E-state index in [1.54, 1.807) is 0 Å². The molecule has 2 nitrogen and oxygen atoms in total. The van der Waals surface area contributed by atoms with E-state index < -0.39 is 0 Å². The average Bonchev–Trinajstić information content (AvgIpc) is 2.34. The van der Waals surface area contributed by atoms with Crippen LogP contribution in [0.15, 0.2) is 24.3 Å². The number of rotatable bonds is 5. The highest BCUT2D eigenvalue weighted by molar-refractivity contribution is 9.09. The Hall–Kier alpha value is -0.850. The molecule has 3 heteroatoms. The zero-order valence-corrected chi connectivity index (χ0v) is 13.9. The van der Waals surface area contributed by atoms with Gasteiger partial charge in [0.1, 0.15) is 0 Å². The van der Waals surface area contributed by atoms with Crippen molar-refractivity contribution in [2.45, 2.75) is 27.3 Å². The Bertz CT molecular complexity index is 443. The molecular formula is C16H23BrN2. The van der Waals surface area contributed by atoms with Crippen LogP contribution in [0.25, 0.3) is 0 Å². The van der Waals surface area contributed by atoms with Gasteiger partial charge in [-0.2, -0.15) is 5.26 Å². The van der Waals surface area contributed by atoms with Crippen LogP contribution in [0.2, 0.25) is 0 Å². The van der Waals surface area contributed by atoms with E-state index >= 15 is 0 Å². The molecular weight excluding hydrogens is 300 g/mol. The second kappa shape index (κ2) is 7.07. The number of halogens is 1. The van der Waals surface area contributed by atoms with E-state index in [1.165, 1.54) is 5.56 Å². The fraction of sp³-hybridized carbons (Fsp3) is 0.562. The first kappa shape index (κ1) is 16.2. The van der Waals surface area contributed by atoms with Gasteiger partial charge in [0.2, 0.25) is 0 Å². The molecule has 0 amide bonds. The van der Waals surface area contributed by atoms with Crippen LogP contribution in [-0.2, 0) is 6.54 Å². The summed E-state index contributed by atoms with van der Waals surface area (Å²) in [6.45, 7) is 8.77. The number of hydrogen-bond acceptors (Lipinski definition) is 2. The van der Waals surface area contributed by atoms with E-state index in [0.29, 0.717) is 11.3 Å². The quantitative estimate of drug-likeness (QED) is 0.765. The van der Waals surface area contributed by atoms with Gasteiger partial charge in [-0.1, -0.05) is 48.8 Å². The minimum atomic E-state index is 0.298. The molecule has 0 N–H and O–H groups in total. The maximum Gasteiger partial charge on any atom is 0.0991 e. The van der Waals surface area contributed by atoms with Crippen molar-refractivity contribution in [1.29, 1.82) is 5.26 Å². The van der Waals surface area contributed by atoms with Crippen molar-refractivity contribution in [1.82, 2.24) is 4.90 Å². The molecule has 1 aromatic carbocycles. The fourth-order valence-electron chi connectivity index (χ4n) is 2.05. The average molecular weight is 323 g/mol. The predicted molar refractivity (Wildman–Crippen MR) is 84.2 cm³/mol. The summed E-state index contributed by atoms with van der Waals surface area (Å²) in [6.07, 6.45) is 0. The van der Waals surface area contributed by atoms with Crippen LogP contribution >= 0.6 is 15.9 Å². The largest absolute Gasteiger partial charge is 0.302 e. The van der Waals surface area contributed by atoms with Gasteiger partial charge in [-0.15, -0.1) is 0 Å². The highest BCUT2D eigenvalue weighted by Crippen LogP contribution is 2.28. The van der Waals surface area contributed by atoms with Crippen molar-refractivity contribution in [3.8, 4) is 6.07 Å². The van der Waals surface area contributed by atoms with Crippen molar-refractivity contribution in [3.05, 3.63) is 35.4 Å². The van der Waals surface area contributed by atoms with Gasteiger partial charge in [0.25, 0.3) is 0 Å². The van der Waals surface area contributed by atoms with Crippen LogP contribution in [0.5, 0.6) is 0 Å². The minimum Gasteiger partial charge on any atom is -0.302 e. The third-order valence-electron chi connectivity index (χ3n) is 3.45. The summed E-state index contributed by atoms with van der Waals surface area (Å²) in [5.41, 5.74) is 2.23. The lowest BCUT2D eigenvalue weighted by Gasteiger charge is -2.32. The first-order valence-corrected chi connectivity index (χ1v) is 7.72. The number of benzene rings is 1. The van der Waals surface area contributed by atoms with Gasteiger partial charge in [-0.25, -0.2) is 0 Å². The summed E-state index contributed by atoms with van der Waals surface area (Å²) in [4.78, 5) is 2.33. The van der Waals surface area contributed by atoms with Crippen molar-refractivity contribution >= 4 is 15.9 Å². The van der Waals surface area contributed by atoms with Crippen LogP contribution in [0.4, 0.5) is 0 Å². The highest BCUT2D eigenvalue weighted by atomic mass is 79.9. The molecule has 0 aliphatic carbocycles. The third-order valence-corrected chi connectivity index (χ3v) is 4.23. The molecule has 0 fully saturated rings. The van der Waals surface area contributed by atoms with E-state index in [1.807, 2.05) is 18.2 Å². The van der Waals surface area contributed by atoms with Crippen molar-refractivity contribution in [2.75, 3.05) is 18.9 Å². The molecule has 0 aromatic heterocycles. The summed E-state index contributed by atoms with van der Waals surface area (Å²) >= 11 is 3.62. The van der Waals surface area contributed by atoms with Crippen molar-refractivity contribution < 1.29 is 0 Å². The molecule has 0 aliphatic heterocycles. The van der Waals surface area contributed by atoms with Gasteiger partial charge in [-0.05, 0) is 36.1 Å². The zero-order valence-electron chi connectivity index (χ0n) is 12.3. The maximum atomic E-state index is 8.92. The molecule has 0 aliphatic rings. The Kier molecular flexibility index (Phi) is 6.03. The molecule has 0 heterocycles. The Labute approximate surface area is 125 Å². The Morgan fingerprint density at radius 2 is 2.05 bits per heavy atom. The molecule has 1 aromatic rings. The molecule has 19 heavy (non-hydrogen) atoms. The smallest absolute Gasteiger partial charge is 0.0991 e. The summed E-state index contributed by atoms with van der Waals surface area (Å²) in [7, 11) is 2.14. The molecule has 0 spiro atoms. The Morgan fingerprint density at radius 3 is 2.58 bits per heavy atom. The van der Waals surface area contributed by atoms with E-state index in [-0.39, 0.29) is 0 Å². The first-order valence-electron chi connectivity index (χ1n) is 6.60. The van der Waals surface area contributed by atoms with Crippen LogP contribution in [0, 0.1) is 22.7 Å². The highest BCUT2D eigenvalue weighted by Gasteiger charge is 2.24. The number of hydrogen-bond donors (Lipinski definition) is 0. The van der Waals surface area contributed by atoms with E-state index in [9.17, 15) is 0 Å². The predicted octanol–water partition coefficient (Wildman–Crippen LogP) is 4.05. The minimum absolute atomic E-state index is 0.298. The number of alkyl halides is 1. The maximum absolute atomic E-state index is 8.92. The lowest BCUT2D eigenvalue weighted by Crippen LogP contribution is -2.34. The number of nitriles is 1. The van der Waals surface area contributed by atoms with Crippen LogP contribution in [0.1, 0.15) is 31.9 Å². The van der Waals surface area contributed by atoms with Crippen LogP contribution in [0.3, 0.4) is 0 Å². The zero-order chi connectivity index (χ0) is 14.5. The summed E-state index contributed by atoms with van der Waals surface area (Å²) in [5.74, 6) is 0.608. The molecule has 0 saturated heterocycles. The van der Waals surface area contributed by atoms with Crippen molar-refractivity contribution in [2.24, 2.45) is 11.3 Å². The van der Waals surface area contributed by atoms with Gasteiger partial charge < -0.3 is 4.90 Å². The normalized spacial score (nSPS) is 13.3. The molecule has 1 rings (SSSR count). The Morgan fingerprint density at radius 1 is 1.37 bits per heavy atom. The molecule has 0 radical (unpaired) electrons. The fourth-order valence-corrected chi connectivity index (χ4v) is 3.22. The second-order valence-electron chi connectivity index (χ2n) is 6.23. The van der Waals surface area contributed by atoms with E-state index in [0.717, 1.165) is 24.0 Å². The van der Waals surface area contributed by atoms with Gasteiger partial charge in [0, 0.05) is 18.4 Å². The summed E-state index contributed by atoms with van der Waals surface area (Å²) in [6, 6.07) is 10.0. The molecule has 0 saturated carbocycles. The molecule has 104 valence electrons. The van der Waals surface area contributed by atoms with Crippen LogP contribution < -0.4 is 0 Å². The van der Waals surface area contributed by atoms with Gasteiger partial charge in [0.05, 0.1) is 11.6 Å². The SMILES string of the molecule is CN(Cc1cccc(C#N)c1)CC(CBr)C(C)(C)C. The second-order valence-corrected chi connectivity index (χ2v) is 6.87. The van der Waals surface area contributed by atoms with Gasteiger partial charge in [-0.3, -0.25) is 0 Å². The molecule has 1 unspecified atom stereocenters. The third kappa shape index (κ3) is 5.34. The Balaban J connectivity index is 2.64. The molecule has 1 atom stereocenters. The van der Waals surface area contributed by atoms with E-state index in [2.05, 4.69) is 60.8 Å². The summed E-state index contributed by atoms with van der Waals surface area (Å²) < 4.78 is 0. The van der Waals surface area contributed by atoms with Gasteiger partial charge in [0.15, 0.2) is 0 Å². The van der Waals surface area contributed by atoms with E-state index in [4.69, 9.17) is 5.26 Å². The lowest BCUT2D eigenvalue weighted by atomic mass is 9.82. The standard InChI is InChI=1S/C16H23BrN2/c1-16(2,3)15(9-17)12-19(4)11-14-7-5-6-13(8-14)10-18/h5-8,15H,9,11-12H2,1-4H3. The van der Waals surface area contributed by atoms with Gasteiger partial charge >= 0.3 is 0 Å². The first-order chi connectivity index (χ1) is 8.86. The lowest BCUT2D eigenvalue weighted by molar-refractivity contribution is 0.183. The van der Waals surface area contributed by atoms with Crippen LogP contribution in [-0.4, -0.2) is 23.8 Å². The van der Waals surface area contributed by atoms with Crippen molar-refractivity contribution in [3.63, 3.8) is 0 Å². The topological polar surface area (TPSA) is 27.0 Å². The summed E-state index contributed by atoms with van der Waals surface area (Å²) in [5, 5.41) is 9.93.